The van der Waals surface area contributed by atoms with Crippen LogP contribution in [0.3, 0.4) is 0 Å². The smallest absolute Gasteiger partial charge is 0.239 e. The van der Waals surface area contributed by atoms with Gasteiger partial charge in [-0.05, 0) is 19.1 Å². The molecule has 0 fully saturated rings. The second-order valence-corrected chi connectivity index (χ2v) is 9.33. The van der Waals surface area contributed by atoms with Crippen LogP contribution in [-0.4, -0.2) is 43.6 Å². The van der Waals surface area contributed by atoms with Gasteiger partial charge in [0.15, 0.2) is 0 Å². The van der Waals surface area contributed by atoms with Crippen LogP contribution in [0.4, 0.5) is 0 Å². The number of pyridine rings is 1. The minimum Gasteiger partial charge on any atom is -0.495 e. The van der Waals surface area contributed by atoms with Gasteiger partial charge in [0.2, 0.25) is 16.0 Å². The molecule has 0 aliphatic carbocycles. The van der Waals surface area contributed by atoms with Crippen LogP contribution < -0.4 is 10.5 Å². The van der Waals surface area contributed by atoms with Crippen molar-refractivity contribution in [1.82, 2.24) is 9.29 Å². The molecule has 1 aliphatic heterocycles. The summed E-state index contributed by atoms with van der Waals surface area (Å²) in [7, 11) is -0.605. The molecule has 1 aliphatic rings. The molecule has 10 heteroatoms. The van der Waals surface area contributed by atoms with Gasteiger partial charge in [-0.3, -0.25) is 4.98 Å². The van der Waals surface area contributed by atoms with Gasteiger partial charge < -0.3 is 10.5 Å². The van der Waals surface area contributed by atoms with E-state index >= 15 is 0 Å². The number of hydrogen-bond donors (Lipinski definition) is 1. The standard InChI is InChI=1S/C15H17ClN4O3S2/c1-15(8-25(21,22)20(2)14(17)19-15)13-11(16)5-12(24-13)9-4-10(23-3)7-18-6-9/h4-7H,8H2,1-3H3,(H2,17,19)/t15-/m0/s1. The summed E-state index contributed by atoms with van der Waals surface area (Å²) in [6.45, 7) is 1.72. The van der Waals surface area contributed by atoms with Crippen LogP contribution in [0.15, 0.2) is 29.5 Å². The molecule has 2 aromatic heterocycles. The van der Waals surface area contributed by atoms with Crippen molar-refractivity contribution < 1.29 is 13.2 Å². The number of halogens is 1. The van der Waals surface area contributed by atoms with E-state index in [0.717, 1.165) is 14.7 Å². The maximum atomic E-state index is 12.4. The first kappa shape index (κ1) is 18.0. The Kier molecular flexibility index (Phi) is 4.42. The van der Waals surface area contributed by atoms with E-state index in [9.17, 15) is 8.42 Å². The number of hydrogen-bond acceptors (Lipinski definition) is 7. The summed E-state index contributed by atoms with van der Waals surface area (Å²) in [5.74, 6) is 0.370. The summed E-state index contributed by atoms with van der Waals surface area (Å²) in [4.78, 5) is 10.0. The predicted molar refractivity (Wildman–Crippen MR) is 99.6 cm³/mol. The molecule has 2 aromatic rings. The zero-order valence-corrected chi connectivity index (χ0v) is 16.2. The van der Waals surface area contributed by atoms with Crippen molar-refractivity contribution in [3.05, 3.63) is 34.4 Å². The van der Waals surface area contributed by atoms with Crippen LogP contribution >= 0.6 is 22.9 Å². The highest BCUT2D eigenvalue weighted by molar-refractivity contribution is 7.89. The topological polar surface area (TPSA) is 97.9 Å². The minimum absolute atomic E-state index is 0.0530. The molecule has 2 N–H and O–H groups in total. The van der Waals surface area contributed by atoms with Crippen LogP contribution in [0.5, 0.6) is 5.75 Å². The molecule has 0 radical (unpaired) electrons. The molecule has 0 saturated carbocycles. The predicted octanol–water partition coefficient (Wildman–Crippen LogP) is 2.28. The molecule has 0 bridgehead atoms. The Morgan fingerprint density at radius 1 is 1.40 bits per heavy atom. The lowest BCUT2D eigenvalue weighted by Crippen LogP contribution is -2.50. The number of methoxy groups -OCH3 is 1. The molecular weight excluding hydrogens is 384 g/mol. The van der Waals surface area contributed by atoms with Crippen molar-refractivity contribution in [2.45, 2.75) is 12.5 Å². The Bertz CT molecular complexity index is 957. The third-order valence-corrected chi connectivity index (χ3v) is 7.77. The van der Waals surface area contributed by atoms with Gasteiger partial charge in [-0.2, -0.15) is 0 Å². The zero-order valence-electron chi connectivity index (χ0n) is 13.9. The van der Waals surface area contributed by atoms with Crippen molar-refractivity contribution in [3.8, 4) is 16.2 Å². The Morgan fingerprint density at radius 2 is 2.12 bits per heavy atom. The third-order valence-electron chi connectivity index (χ3n) is 3.97. The van der Waals surface area contributed by atoms with E-state index in [2.05, 4.69) is 9.98 Å². The molecule has 0 spiro atoms. The molecule has 0 amide bonds. The Balaban J connectivity index is 2.09. The van der Waals surface area contributed by atoms with Gasteiger partial charge >= 0.3 is 0 Å². The van der Waals surface area contributed by atoms with Crippen LogP contribution in [0.1, 0.15) is 11.8 Å². The zero-order chi connectivity index (χ0) is 18.4. The SMILES string of the molecule is COc1cncc(-c2cc(Cl)c([C@]3(C)CS(=O)(=O)N(C)C(N)=N3)s2)c1. The van der Waals surface area contributed by atoms with Gasteiger partial charge in [0.25, 0.3) is 0 Å². The van der Waals surface area contributed by atoms with E-state index in [4.69, 9.17) is 22.1 Å². The molecular formula is C15H17ClN4O3S2. The van der Waals surface area contributed by atoms with Crippen LogP contribution in [0, 0.1) is 0 Å². The molecule has 3 rings (SSSR count). The number of rotatable bonds is 3. The number of aliphatic imine (C=N–C) groups is 1. The maximum absolute atomic E-state index is 12.4. The van der Waals surface area contributed by atoms with E-state index in [1.807, 2.05) is 6.07 Å². The Labute approximate surface area is 155 Å². The summed E-state index contributed by atoms with van der Waals surface area (Å²) in [6.07, 6.45) is 3.30. The first-order chi connectivity index (χ1) is 11.7. The number of thiophene rings is 1. The molecule has 0 unspecified atom stereocenters. The number of nitrogens with zero attached hydrogens (tertiary/aromatic N) is 3. The fourth-order valence-electron chi connectivity index (χ4n) is 2.61. The molecule has 0 saturated heterocycles. The van der Waals surface area contributed by atoms with Crippen LogP contribution in [0.2, 0.25) is 5.02 Å². The summed E-state index contributed by atoms with van der Waals surface area (Å²) in [5.41, 5.74) is 5.59. The Hall–Kier alpha value is -1.84. The fourth-order valence-corrected chi connectivity index (χ4v) is 5.75. The quantitative estimate of drug-likeness (QED) is 0.852. The van der Waals surface area contributed by atoms with Crippen molar-refractivity contribution in [2.24, 2.45) is 10.7 Å². The van der Waals surface area contributed by atoms with Crippen molar-refractivity contribution in [1.29, 1.82) is 0 Å². The lowest BCUT2D eigenvalue weighted by molar-refractivity contribution is 0.413. The fraction of sp³-hybridized carbons (Fsp3) is 0.333. The van der Waals surface area contributed by atoms with Gasteiger partial charge in [0, 0.05) is 23.7 Å². The highest BCUT2D eigenvalue weighted by atomic mass is 35.5. The third kappa shape index (κ3) is 3.19. The minimum atomic E-state index is -3.56. The molecule has 1 atom stereocenters. The number of ether oxygens (including phenoxy) is 1. The van der Waals surface area contributed by atoms with Crippen molar-refractivity contribution in [2.75, 3.05) is 19.9 Å². The molecule has 0 aromatic carbocycles. The summed E-state index contributed by atoms with van der Waals surface area (Å²) in [5, 5.41) is 0.446. The lowest BCUT2D eigenvalue weighted by atomic mass is 10.0. The van der Waals surface area contributed by atoms with Crippen LogP contribution in [0.25, 0.3) is 10.4 Å². The number of nitrogens with two attached hydrogens (primary N) is 1. The van der Waals surface area contributed by atoms with Crippen LogP contribution in [-0.2, 0) is 15.6 Å². The number of sulfonamides is 1. The monoisotopic (exact) mass is 400 g/mol. The van der Waals surface area contributed by atoms with Gasteiger partial charge in [-0.25, -0.2) is 17.7 Å². The summed E-state index contributed by atoms with van der Waals surface area (Å²) in [6, 6.07) is 3.62. The van der Waals surface area contributed by atoms with Crippen molar-refractivity contribution >= 4 is 38.9 Å². The van der Waals surface area contributed by atoms with E-state index in [1.165, 1.54) is 18.4 Å². The van der Waals surface area contributed by atoms with E-state index < -0.39 is 15.6 Å². The van der Waals surface area contributed by atoms with E-state index in [-0.39, 0.29) is 11.7 Å². The maximum Gasteiger partial charge on any atom is 0.239 e. The van der Waals surface area contributed by atoms with Gasteiger partial charge in [-0.15, -0.1) is 11.3 Å². The molecule has 134 valence electrons. The second kappa shape index (κ2) is 6.15. The Morgan fingerprint density at radius 3 is 2.76 bits per heavy atom. The largest absolute Gasteiger partial charge is 0.495 e. The normalized spacial score (nSPS) is 22.6. The summed E-state index contributed by atoms with van der Waals surface area (Å²) < 4.78 is 30.9. The number of aromatic nitrogens is 1. The average molecular weight is 401 g/mol. The summed E-state index contributed by atoms with van der Waals surface area (Å²) >= 11 is 7.78. The van der Waals surface area contributed by atoms with E-state index in [1.54, 1.807) is 32.5 Å². The second-order valence-electron chi connectivity index (χ2n) is 5.87. The van der Waals surface area contributed by atoms with Crippen molar-refractivity contribution in [3.63, 3.8) is 0 Å². The van der Waals surface area contributed by atoms with Gasteiger partial charge in [-0.1, -0.05) is 11.6 Å². The highest BCUT2D eigenvalue weighted by Crippen LogP contribution is 2.44. The molecule has 25 heavy (non-hydrogen) atoms. The average Bonchev–Trinajstić information content (AvgIpc) is 2.95. The van der Waals surface area contributed by atoms with Gasteiger partial charge in [0.05, 0.1) is 29.0 Å². The lowest BCUT2D eigenvalue weighted by Gasteiger charge is -2.33. The first-order valence-corrected chi connectivity index (χ1v) is 10.1. The molecule has 3 heterocycles. The van der Waals surface area contributed by atoms with E-state index in [0.29, 0.717) is 15.6 Å². The molecule has 7 nitrogen and oxygen atoms in total. The first-order valence-electron chi connectivity index (χ1n) is 7.27. The number of guanidine groups is 1. The van der Waals surface area contributed by atoms with Gasteiger partial charge in [0.1, 0.15) is 11.3 Å². The highest BCUT2D eigenvalue weighted by Gasteiger charge is 2.42.